The van der Waals surface area contributed by atoms with Crippen LogP contribution in [-0.2, 0) is 26.0 Å². The van der Waals surface area contributed by atoms with E-state index in [4.69, 9.17) is 0 Å². The van der Waals surface area contributed by atoms with Gasteiger partial charge in [0, 0.05) is 18.7 Å². The van der Waals surface area contributed by atoms with Gasteiger partial charge in [-0.05, 0) is 43.5 Å². The number of fused-ring (bicyclic) bond motifs is 1. The van der Waals surface area contributed by atoms with E-state index in [0.29, 0.717) is 25.1 Å². The molecule has 0 saturated heterocycles. The number of nitrogens with one attached hydrogen (secondary N) is 3. The van der Waals surface area contributed by atoms with Gasteiger partial charge in [0.25, 0.3) is 0 Å². The molecule has 1 aromatic carbocycles. The van der Waals surface area contributed by atoms with Crippen LogP contribution in [0.1, 0.15) is 32.3 Å². The van der Waals surface area contributed by atoms with Crippen LogP contribution in [0.25, 0.3) is 0 Å². The molecule has 1 atom stereocenters. The number of sulfonamides is 1. The maximum absolute atomic E-state index is 12.4. The van der Waals surface area contributed by atoms with Gasteiger partial charge in [-0.25, -0.2) is 8.42 Å². The first-order valence-electron chi connectivity index (χ1n) is 7.56. The maximum Gasteiger partial charge on any atom is 0.241 e. The minimum atomic E-state index is -3.80. The fourth-order valence-electron chi connectivity index (χ4n) is 2.28. The van der Waals surface area contributed by atoms with Crippen LogP contribution < -0.4 is 15.4 Å². The predicted octanol–water partition coefficient (Wildman–Crippen LogP) is 0.764. The van der Waals surface area contributed by atoms with Gasteiger partial charge in [0.05, 0.1) is 10.9 Å². The molecule has 0 aromatic heterocycles. The van der Waals surface area contributed by atoms with Crippen LogP contribution in [0.4, 0.5) is 5.69 Å². The van der Waals surface area contributed by atoms with Gasteiger partial charge in [-0.2, -0.15) is 4.72 Å². The summed E-state index contributed by atoms with van der Waals surface area (Å²) in [5.74, 6) is -0.437. The zero-order valence-corrected chi connectivity index (χ0v) is 14.0. The number of rotatable bonds is 6. The molecule has 2 amide bonds. The minimum Gasteiger partial charge on any atom is -0.355 e. The summed E-state index contributed by atoms with van der Waals surface area (Å²) in [5.41, 5.74) is 1.41. The summed E-state index contributed by atoms with van der Waals surface area (Å²) in [6.45, 7) is 3.92. The van der Waals surface area contributed by atoms with Crippen LogP contribution >= 0.6 is 0 Å². The summed E-state index contributed by atoms with van der Waals surface area (Å²) < 4.78 is 27.2. The highest BCUT2D eigenvalue weighted by Crippen LogP contribution is 2.25. The minimum absolute atomic E-state index is 0.0764. The number of carbonyl (C=O) groups excluding carboxylic acids is 2. The molecule has 7 nitrogen and oxygen atoms in total. The van der Waals surface area contributed by atoms with E-state index in [-0.39, 0.29) is 16.7 Å². The average Bonchev–Trinajstić information content (AvgIpc) is 2.51. The number of benzene rings is 1. The number of hydrogen-bond acceptors (Lipinski definition) is 4. The van der Waals surface area contributed by atoms with Crippen molar-refractivity contribution in [2.45, 2.75) is 44.0 Å². The van der Waals surface area contributed by atoms with E-state index in [9.17, 15) is 18.0 Å². The first kappa shape index (κ1) is 17.4. The van der Waals surface area contributed by atoms with Crippen LogP contribution in [-0.4, -0.2) is 32.8 Å². The monoisotopic (exact) mass is 339 g/mol. The Bertz CT molecular complexity index is 715. The molecule has 0 bridgehead atoms. The molecule has 0 fully saturated rings. The summed E-state index contributed by atoms with van der Waals surface area (Å²) >= 11 is 0. The molecule has 8 heteroatoms. The summed E-state index contributed by atoms with van der Waals surface area (Å²) in [5, 5.41) is 5.35. The highest BCUT2D eigenvalue weighted by Gasteiger charge is 2.23. The zero-order chi connectivity index (χ0) is 17.0. The molecule has 1 aliphatic rings. The lowest BCUT2D eigenvalue weighted by Gasteiger charge is -2.18. The van der Waals surface area contributed by atoms with E-state index in [2.05, 4.69) is 15.4 Å². The number of carbonyl (C=O) groups is 2. The molecular weight excluding hydrogens is 318 g/mol. The predicted molar refractivity (Wildman–Crippen MR) is 86.5 cm³/mol. The third-order valence-corrected chi connectivity index (χ3v) is 5.10. The van der Waals surface area contributed by atoms with E-state index in [1.165, 1.54) is 19.1 Å². The van der Waals surface area contributed by atoms with E-state index < -0.39 is 16.1 Å². The first-order valence-corrected chi connectivity index (χ1v) is 9.04. The Labute approximate surface area is 135 Å². The van der Waals surface area contributed by atoms with Crippen molar-refractivity contribution in [1.82, 2.24) is 10.0 Å². The SMILES string of the molecule is CCCNC(=O)[C@@H](C)NS(=O)(=O)c1ccc2c(c1)CCC(=O)N2. The summed E-state index contributed by atoms with van der Waals surface area (Å²) in [6.07, 6.45) is 1.61. The third kappa shape index (κ3) is 4.29. The van der Waals surface area contributed by atoms with Gasteiger partial charge in [-0.15, -0.1) is 0 Å². The molecule has 126 valence electrons. The Hall–Kier alpha value is -1.93. The number of anilines is 1. The van der Waals surface area contributed by atoms with Crippen LogP contribution in [0.15, 0.2) is 23.1 Å². The van der Waals surface area contributed by atoms with Crippen molar-refractivity contribution in [2.24, 2.45) is 0 Å². The Morgan fingerprint density at radius 2 is 2.09 bits per heavy atom. The maximum atomic E-state index is 12.4. The first-order chi connectivity index (χ1) is 10.8. The van der Waals surface area contributed by atoms with Gasteiger partial charge in [-0.3, -0.25) is 9.59 Å². The van der Waals surface area contributed by atoms with E-state index in [1.807, 2.05) is 6.92 Å². The van der Waals surface area contributed by atoms with Crippen LogP contribution in [0.2, 0.25) is 0 Å². The molecular formula is C15H21N3O4S. The number of amides is 2. The van der Waals surface area contributed by atoms with E-state index >= 15 is 0 Å². The quantitative estimate of drug-likeness (QED) is 0.712. The molecule has 1 aliphatic heterocycles. The summed E-state index contributed by atoms with van der Waals surface area (Å²) in [4.78, 5) is 23.2. The van der Waals surface area contributed by atoms with Crippen molar-refractivity contribution in [3.8, 4) is 0 Å². The fourth-order valence-corrected chi connectivity index (χ4v) is 3.54. The normalized spacial score (nSPS) is 15.5. The molecule has 1 aromatic rings. The standard InChI is InChI=1S/C15H21N3O4S/c1-3-8-16-15(20)10(2)18-23(21,22)12-5-6-13-11(9-12)4-7-14(19)17-13/h5-6,9-10,18H,3-4,7-8H2,1-2H3,(H,16,20)(H,17,19)/t10-/m1/s1. The molecule has 0 spiro atoms. The van der Waals surface area contributed by atoms with E-state index in [0.717, 1.165) is 12.0 Å². The average molecular weight is 339 g/mol. The smallest absolute Gasteiger partial charge is 0.241 e. The van der Waals surface area contributed by atoms with Gasteiger partial charge in [-0.1, -0.05) is 6.92 Å². The highest BCUT2D eigenvalue weighted by atomic mass is 32.2. The third-order valence-electron chi connectivity index (χ3n) is 3.56. The van der Waals surface area contributed by atoms with Gasteiger partial charge >= 0.3 is 0 Å². The van der Waals surface area contributed by atoms with Gasteiger partial charge in [0.2, 0.25) is 21.8 Å². The second kappa shape index (κ2) is 7.10. The molecule has 3 N–H and O–H groups in total. The van der Waals surface area contributed by atoms with Crippen LogP contribution in [0.3, 0.4) is 0 Å². The Kier molecular flexibility index (Phi) is 5.38. The van der Waals surface area contributed by atoms with Crippen LogP contribution in [0.5, 0.6) is 0 Å². The number of aryl methyl sites for hydroxylation is 1. The Morgan fingerprint density at radius 3 is 2.78 bits per heavy atom. The summed E-state index contributed by atoms with van der Waals surface area (Å²) in [6, 6.07) is 3.67. The highest BCUT2D eigenvalue weighted by molar-refractivity contribution is 7.89. The molecule has 2 rings (SSSR count). The zero-order valence-electron chi connectivity index (χ0n) is 13.2. The number of hydrogen-bond donors (Lipinski definition) is 3. The largest absolute Gasteiger partial charge is 0.355 e. The van der Waals surface area contributed by atoms with Crippen molar-refractivity contribution in [3.05, 3.63) is 23.8 Å². The lowest BCUT2D eigenvalue weighted by Crippen LogP contribution is -2.44. The molecule has 1 heterocycles. The molecule has 0 unspecified atom stereocenters. The lowest BCUT2D eigenvalue weighted by atomic mass is 10.0. The van der Waals surface area contributed by atoms with Gasteiger partial charge < -0.3 is 10.6 Å². The van der Waals surface area contributed by atoms with E-state index in [1.54, 1.807) is 6.07 Å². The second-order valence-corrected chi connectivity index (χ2v) is 7.22. The molecule has 0 aliphatic carbocycles. The van der Waals surface area contributed by atoms with Crippen molar-refractivity contribution in [1.29, 1.82) is 0 Å². The molecule has 0 saturated carbocycles. The summed E-state index contributed by atoms with van der Waals surface area (Å²) in [7, 11) is -3.80. The molecule has 23 heavy (non-hydrogen) atoms. The van der Waals surface area contributed by atoms with Gasteiger partial charge in [0.1, 0.15) is 0 Å². The Morgan fingerprint density at radius 1 is 1.35 bits per heavy atom. The topological polar surface area (TPSA) is 104 Å². The Balaban J connectivity index is 2.13. The van der Waals surface area contributed by atoms with Crippen molar-refractivity contribution >= 4 is 27.5 Å². The van der Waals surface area contributed by atoms with Crippen molar-refractivity contribution in [2.75, 3.05) is 11.9 Å². The van der Waals surface area contributed by atoms with Crippen molar-refractivity contribution < 1.29 is 18.0 Å². The van der Waals surface area contributed by atoms with Crippen LogP contribution in [0, 0.1) is 0 Å². The van der Waals surface area contributed by atoms with Gasteiger partial charge in [0.15, 0.2) is 0 Å². The second-order valence-electron chi connectivity index (χ2n) is 5.50. The van der Waals surface area contributed by atoms with Crippen molar-refractivity contribution in [3.63, 3.8) is 0 Å². The molecule has 0 radical (unpaired) electrons. The fraction of sp³-hybridized carbons (Fsp3) is 0.467. The lowest BCUT2D eigenvalue weighted by molar-refractivity contribution is -0.122.